The monoisotopic (exact) mass is 277 g/mol. The Kier molecular flexibility index (Phi) is 3.74. The van der Waals surface area contributed by atoms with Gasteiger partial charge in [-0.2, -0.15) is 0 Å². The van der Waals surface area contributed by atoms with Crippen LogP contribution in [0.15, 0.2) is 92.7 Å². The van der Waals surface area contributed by atoms with E-state index in [2.05, 4.69) is 0 Å². The quantitative estimate of drug-likeness (QED) is 0.351. The number of benzene rings is 2. The normalized spacial score (nSPS) is 10.1. The highest BCUT2D eigenvalue weighted by Gasteiger charge is 1.99. The van der Waals surface area contributed by atoms with E-state index in [0.29, 0.717) is 5.58 Å². The van der Waals surface area contributed by atoms with Gasteiger partial charge in [0.15, 0.2) is 0 Å². The van der Waals surface area contributed by atoms with E-state index in [1.165, 1.54) is 6.07 Å². The number of para-hydroxylation sites is 2. The smallest absolute Gasteiger partial charge is 0.359 e. The summed E-state index contributed by atoms with van der Waals surface area (Å²) in [5.41, 5.74) is 1.27. The first-order valence-electron chi connectivity index (χ1n) is 6.57. The Labute approximate surface area is 121 Å². The second kappa shape index (κ2) is 6.01. The summed E-state index contributed by atoms with van der Waals surface area (Å²) in [4.78, 5) is 10.7. The lowest BCUT2D eigenvalue weighted by Gasteiger charge is -1.91. The molecule has 2 aromatic carbocycles. The van der Waals surface area contributed by atoms with Gasteiger partial charge < -0.3 is 4.42 Å². The zero-order valence-electron chi connectivity index (χ0n) is 11.2. The molecule has 4 aromatic rings. The molecule has 0 aliphatic carbocycles. The van der Waals surface area contributed by atoms with Crippen LogP contribution in [0.3, 0.4) is 0 Å². The maximum Gasteiger partial charge on any atom is 0.359 e. The van der Waals surface area contributed by atoms with Crippen LogP contribution in [-0.4, -0.2) is 0 Å². The summed E-state index contributed by atoms with van der Waals surface area (Å²) in [6, 6.07) is 22.4. The lowest BCUT2D eigenvalue weighted by atomic mass is 10.2. The predicted octanol–water partition coefficient (Wildman–Crippen LogP) is 4.51. The van der Waals surface area contributed by atoms with Gasteiger partial charge in [-0.25, -0.2) is 9.21 Å². The Hall–Kier alpha value is -2.94. The third-order valence-electron chi connectivity index (χ3n) is 3.00. The van der Waals surface area contributed by atoms with Gasteiger partial charge in [0.25, 0.3) is 0 Å². The first kappa shape index (κ1) is 13.1. The lowest BCUT2D eigenvalue weighted by molar-refractivity contribution is 0.561. The molecule has 0 bridgehead atoms. The van der Waals surface area contributed by atoms with Crippen LogP contribution in [0.1, 0.15) is 0 Å². The average Bonchev–Trinajstić information content (AvgIpc) is 2.55. The minimum atomic E-state index is -0.302. The van der Waals surface area contributed by atoms with Crippen molar-refractivity contribution in [1.82, 2.24) is 0 Å². The average molecular weight is 277 g/mol. The Morgan fingerprint density at radius 3 is 2.29 bits per heavy atom. The van der Waals surface area contributed by atoms with E-state index in [4.69, 9.17) is 8.83 Å². The molecule has 0 N–H and O–H groups in total. The van der Waals surface area contributed by atoms with Gasteiger partial charge in [0, 0.05) is 23.6 Å². The molecule has 0 aliphatic heterocycles. The summed E-state index contributed by atoms with van der Waals surface area (Å²) >= 11 is 0. The van der Waals surface area contributed by atoms with Crippen LogP contribution in [0.4, 0.5) is 0 Å². The third-order valence-corrected chi connectivity index (χ3v) is 3.00. The van der Waals surface area contributed by atoms with Crippen LogP contribution >= 0.6 is 0 Å². The van der Waals surface area contributed by atoms with Crippen molar-refractivity contribution in [3.05, 3.63) is 89.5 Å². The summed E-state index contributed by atoms with van der Waals surface area (Å²) in [5.74, 6) is 0. The molecule has 3 heteroatoms. The van der Waals surface area contributed by atoms with Gasteiger partial charge >= 0.3 is 17.5 Å². The maximum atomic E-state index is 10.7. The Morgan fingerprint density at radius 1 is 0.714 bits per heavy atom. The fourth-order valence-electron chi connectivity index (χ4n) is 1.99. The van der Waals surface area contributed by atoms with Crippen LogP contribution in [0.25, 0.3) is 21.9 Å². The molecular formula is C18H13O3+. The van der Waals surface area contributed by atoms with Crippen molar-refractivity contribution in [3.63, 3.8) is 0 Å². The van der Waals surface area contributed by atoms with E-state index in [-0.39, 0.29) is 5.63 Å². The minimum Gasteiger partial charge on any atom is -0.423 e. The van der Waals surface area contributed by atoms with Gasteiger partial charge in [-0.3, -0.25) is 0 Å². The molecule has 0 saturated heterocycles. The van der Waals surface area contributed by atoms with E-state index in [1.807, 2.05) is 54.6 Å². The summed E-state index contributed by atoms with van der Waals surface area (Å²) in [6.45, 7) is 0. The SMILES string of the molecule is O=c1ccc2ccccc2o1.c1ccc2[o+]cccc2c1. The molecule has 2 aromatic heterocycles. The fraction of sp³-hybridized carbons (Fsp3) is 0. The molecule has 0 aliphatic rings. The molecule has 2 heterocycles. The van der Waals surface area contributed by atoms with Crippen molar-refractivity contribution < 1.29 is 8.83 Å². The molecule has 0 unspecified atom stereocenters. The number of rotatable bonds is 0. The van der Waals surface area contributed by atoms with E-state index < -0.39 is 0 Å². The third kappa shape index (κ3) is 3.15. The van der Waals surface area contributed by atoms with Gasteiger partial charge in [0.05, 0.1) is 5.39 Å². The second-order valence-corrected chi connectivity index (χ2v) is 4.44. The lowest BCUT2D eigenvalue weighted by Crippen LogP contribution is -1.93. The second-order valence-electron chi connectivity index (χ2n) is 4.44. The Balaban J connectivity index is 0.000000126. The molecule has 4 rings (SSSR count). The highest BCUT2D eigenvalue weighted by atomic mass is 16.4. The van der Waals surface area contributed by atoms with Crippen molar-refractivity contribution in [1.29, 1.82) is 0 Å². The fourth-order valence-corrected chi connectivity index (χ4v) is 1.99. The Morgan fingerprint density at radius 2 is 1.43 bits per heavy atom. The zero-order valence-corrected chi connectivity index (χ0v) is 11.2. The standard InChI is InChI=1S/C9H6O2.C9H7O/c10-9-6-5-7-3-1-2-4-8(7)11-9;1-2-6-9-8(4-1)5-3-7-10-9/h1-6H;1-7H/q;+1. The van der Waals surface area contributed by atoms with Crippen molar-refractivity contribution in [2.75, 3.05) is 0 Å². The molecule has 0 spiro atoms. The Bertz CT molecular complexity index is 860. The van der Waals surface area contributed by atoms with Crippen molar-refractivity contribution in [3.8, 4) is 0 Å². The van der Waals surface area contributed by atoms with Crippen molar-refractivity contribution >= 4 is 21.9 Å². The highest BCUT2D eigenvalue weighted by Crippen LogP contribution is 2.11. The number of fused-ring (bicyclic) bond motifs is 2. The molecule has 21 heavy (non-hydrogen) atoms. The predicted molar refractivity (Wildman–Crippen MR) is 83.1 cm³/mol. The van der Waals surface area contributed by atoms with E-state index in [9.17, 15) is 4.79 Å². The van der Waals surface area contributed by atoms with E-state index in [0.717, 1.165) is 16.4 Å². The topological polar surface area (TPSA) is 41.5 Å². The molecule has 102 valence electrons. The largest absolute Gasteiger partial charge is 0.423 e. The molecular weight excluding hydrogens is 264 g/mol. The number of hydrogen-bond acceptors (Lipinski definition) is 2. The van der Waals surface area contributed by atoms with Crippen LogP contribution < -0.4 is 5.63 Å². The van der Waals surface area contributed by atoms with Gasteiger partial charge in [-0.05, 0) is 24.3 Å². The molecule has 0 atom stereocenters. The van der Waals surface area contributed by atoms with Crippen molar-refractivity contribution in [2.24, 2.45) is 0 Å². The molecule has 0 amide bonds. The summed E-state index contributed by atoms with van der Waals surface area (Å²) < 4.78 is 10.1. The van der Waals surface area contributed by atoms with Crippen LogP contribution in [0.5, 0.6) is 0 Å². The van der Waals surface area contributed by atoms with Gasteiger partial charge in [0.1, 0.15) is 5.58 Å². The summed E-state index contributed by atoms with van der Waals surface area (Å²) in [6.07, 6.45) is 1.68. The van der Waals surface area contributed by atoms with Gasteiger partial charge in [-0.1, -0.05) is 30.3 Å². The van der Waals surface area contributed by atoms with E-state index >= 15 is 0 Å². The van der Waals surface area contributed by atoms with Crippen LogP contribution in [0.2, 0.25) is 0 Å². The first-order valence-corrected chi connectivity index (χ1v) is 6.57. The van der Waals surface area contributed by atoms with E-state index in [1.54, 1.807) is 18.4 Å². The van der Waals surface area contributed by atoms with Gasteiger partial charge in [0.2, 0.25) is 0 Å². The maximum absolute atomic E-state index is 10.7. The highest BCUT2D eigenvalue weighted by molar-refractivity contribution is 5.76. The minimum absolute atomic E-state index is 0.302. The summed E-state index contributed by atoms with van der Waals surface area (Å²) in [7, 11) is 0. The summed E-state index contributed by atoms with van der Waals surface area (Å²) in [5, 5.41) is 2.09. The number of hydrogen-bond donors (Lipinski definition) is 0. The van der Waals surface area contributed by atoms with Gasteiger partial charge in [-0.15, -0.1) is 0 Å². The molecule has 0 saturated carbocycles. The molecule has 0 radical (unpaired) electrons. The first-order chi connectivity index (χ1) is 10.3. The zero-order chi connectivity index (χ0) is 14.5. The van der Waals surface area contributed by atoms with Crippen LogP contribution in [0, 0.1) is 0 Å². The molecule has 3 nitrogen and oxygen atoms in total. The molecule has 0 fully saturated rings. The van der Waals surface area contributed by atoms with Crippen molar-refractivity contribution in [2.45, 2.75) is 0 Å². The van der Waals surface area contributed by atoms with Crippen LogP contribution in [-0.2, 0) is 0 Å².